The van der Waals surface area contributed by atoms with Crippen LogP contribution in [-0.4, -0.2) is 31.8 Å². The summed E-state index contributed by atoms with van der Waals surface area (Å²) in [4.78, 5) is 11.9. The predicted molar refractivity (Wildman–Crippen MR) is 80.1 cm³/mol. The molecule has 0 amide bonds. The maximum atomic E-state index is 11.9. The summed E-state index contributed by atoms with van der Waals surface area (Å²) in [5, 5.41) is 3.20. The van der Waals surface area contributed by atoms with Crippen LogP contribution in [0.25, 0.3) is 0 Å². The average molecular weight is 279 g/mol. The first-order valence-electron chi connectivity index (χ1n) is 6.97. The van der Waals surface area contributed by atoms with Gasteiger partial charge in [-0.2, -0.15) is 0 Å². The summed E-state index contributed by atoms with van der Waals surface area (Å²) in [5.41, 5.74) is 1.43. The summed E-state index contributed by atoms with van der Waals surface area (Å²) in [6.07, 6.45) is 0.941. The Morgan fingerprint density at radius 2 is 2.05 bits per heavy atom. The minimum Gasteiger partial charge on any atom is -0.491 e. The molecule has 0 saturated carbocycles. The molecule has 1 N–H and O–H groups in total. The average Bonchev–Trinajstić information content (AvgIpc) is 2.45. The minimum absolute atomic E-state index is 0.240. The highest BCUT2D eigenvalue weighted by Gasteiger charge is 2.34. The third-order valence-electron chi connectivity index (χ3n) is 3.47. The van der Waals surface area contributed by atoms with Crippen LogP contribution in [0.5, 0.6) is 5.75 Å². The molecule has 0 aliphatic heterocycles. The maximum Gasteiger partial charge on any atom is 0.329 e. The molecule has 4 nitrogen and oxygen atoms in total. The first kappa shape index (κ1) is 16.5. The normalized spacial score (nSPS) is 13.7. The molecular weight excluding hydrogens is 254 g/mol. The second-order valence-electron chi connectivity index (χ2n) is 5.24. The van der Waals surface area contributed by atoms with E-state index in [4.69, 9.17) is 9.47 Å². The summed E-state index contributed by atoms with van der Waals surface area (Å²) in [7, 11) is 1.39. The van der Waals surface area contributed by atoms with E-state index in [9.17, 15) is 4.79 Å². The molecule has 0 spiro atoms. The number of ether oxygens (including phenoxy) is 2. The Kier molecular flexibility index (Phi) is 6.02. The second kappa shape index (κ2) is 7.29. The fraction of sp³-hybridized carbons (Fsp3) is 0.562. The number of carbonyl (C=O) groups is 1. The number of aryl methyl sites for hydroxylation is 1. The Morgan fingerprint density at radius 1 is 1.35 bits per heavy atom. The van der Waals surface area contributed by atoms with Crippen molar-refractivity contribution in [3.8, 4) is 5.75 Å². The highest BCUT2D eigenvalue weighted by molar-refractivity contribution is 5.80. The molecule has 1 rings (SSSR count). The van der Waals surface area contributed by atoms with Crippen molar-refractivity contribution in [2.45, 2.75) is 39.7 Å². The van der Waals surface area contributed by atoms with Crippen LogP contribution in [0.1, 0.15) is 31.4 Å². The zero-order valence-corrected chi connectivity index (χ0v) is 13.1. The molecule has 4 heteroatoms. The van der Waals surface area contributed by atoms with Crippen molar-refractivity contribution in [2.24, 2.45) is 0 Å². The minimum atomic E-state index is -0.832. The van der Waals surface area contributed by atoms with Gasteiger partial charge in [0.05, 0.1) is 7.11 Å². The van der Waals surface area contributed by atoms with Gasteiger partial charge in [-0.25, -0.2) is 4.79 Å². The number of benzene rings is 1. The van der Waals surface area contributed by atoms with Crippen LogP contribution in [0.2, 0.25) is 0 Å². The van der Waals surface area contributed by atoms with Crippen LogP contribution in [0.15, 0.2) is 18.2 Å². The lowest BCUT2D eigenvalue weighted by Gasteiger charge is -2.28. The third kappa shape index (κ3) is 3.97. The predicted octanol–water partition coefficient (Wildman–Crippen LogP) is 2.61. The maximum absolute atomic E-state index is 11.9. The summed E-state index contributed by atoms with van der Waals surface area (Å²) < 4.78 is 10.7. The number of rotatable bonds is 7. The van der Waals surface area contributed by atoms with Gasteiger partial charge in [-0.1, -0.05) is 19.1 Å². The van der Waals surface area contributed by atoms with Crippen LogP contribution in [0, 0.1) is 13.8 Å². The molecule has 0 aromatic heterocycles. The standard InChI is InChI=1S/C16H25NO3/c1-6-10-17-16(4,15(18)19-5)11-20-14-9-7-8-12(2)13(14)3/h7-9,17H,6,10-11H2,1-5H3. The Labute approximate surface area is 121 Å². The highest BCUT2D eigenvalue weighted by Crippen LogP contribution is 2.22. The van der Waals surface area contributed by atoms with E-state index >= 15 is 0 Å². The van der Waals surface area contributed by atoms with E-state index in [-0.39, 0.29) is 12.6 Å². The largest absolute Gasteiger partial charge is 0.491 e. The molecule has 0 radical (unpaired) electrons. The molecule has 0 fully saturated rings. The van der Waals surface area contributed by atoms with Crippen LogP contribution in [0.3, 0.4) is 0 Å². The van der Waals surface area contributed by atoms with Gasteiger partial charge in [0.1, 0.15) is 17.9 Å². The number of esters is 1. The van der Waals surface area contributed by atoms with Gasteiger partial charge in [0.15, 0.2) is 0 Å². The Balaban J connectivity index is 2.80. The second-order valence-corrected chi connectivity index (χ2v) is 5.24. The van der Waals surface area contributed by atoms with E-state index in [1.54, 1.807) is 6.92 Å². The first-order chi connectivity index (χ1) is 9.44. The number of hydrogen-bond donors (Lipinski definition) is 1. The summed E-state index contributed by atoms with van der Waals surface area (Å²) in [6.45, 7) is 8.89. The van der Waals surface area contributed by atoms with E-state index in [1.165, 1.54) is 12.7 Å². The van der Waals surface area contributed by atoms with E-state index in [0.717, 1.165) is 24.3 Å². The quantitative estimate of drug-likeness (QED) is 0.779. The van der Waals surface area contributed by atoms with E-state index in [1.807, 2.05) is 32.0 Å². The SMILES string of the molecule is CCCNC(C)(COc1cccc(C)c1C)C(=O)OC. The van der Waals surface area contributed by atoms with Crippen molar-refractivity contribution >= 4 is 5.97 Å². The Bertz CT molecular complexity index is 459. The van der Waals surface area contributed by atoms with Gasteiger partial charge in [-0.05, 0) is 50.9 Å². The molecule has 1 aromatic rings. The van der Waals surface area contributed by atoms with E-state index in [2.05, 4.69) is 12.2 Å². The Morgan fingerprint density at radius 3 is 2.65 bits per heavy atom. The third-order valence-corrected chi connectivity index (χ3v) is 3.47. The summed E-state index contributed by atoms with van der Waals surface area (Å²) in [6, 6.07) is 5.91. The molecule has 1 aromatic carbocycles. The van der Waals surface area contributed by atoms with Gasteiger partial charge in [0.25, 0.3) is 0 Å². The number of carbonyl (C=O) groups excluding carboxylic acids is 1. The molecule has 1 atom stereocenters. The van der Waals surface area contributed by atoms with Crippen molar-refractivity contribution in [1.82, 2.24) is 5.32 Å². The van der Waals surface area contributed by atoms with Gasteiger partial charge >= 0.3 is 5.97 Å². The molecule has 0 heterocycles. The van der Waals surface area contributed by atoms with Gasteiger partial charge in [0.2, 0.25) is 0 Å². The zero-order chi connectivity index (χ0) is 15.2. The lowest BCUT2D eigenvalue weighted by Crippen LogP contribution is -2.54. The van der Waals surface area contributed by atoms with E-state index < -0.39 is 5.54 Å². The first-order valence-corrected chi connectivity index (χ1v) is 6.97. The molecule has 112 valence electrons. The summed E-state index contributed by atoms with van der Waals surface area (Å²) >= 11 is 0. The van der Waals surface area contributed by atoms with E-state index in [0.29, 0.717) is 0 Å². The fourth-order valence-corrected chi connectivity index (χ4v) is 1.91. The molecule has 0 aliphatic carbocycles. The molecule has 1 unspecified atom stereocenters. The monoisotopic (exact) mass is 279 g/mol. The highest BCUT2D eigenvalue weighted by atomic mass is 16.5. The van der Waals surface area contributed by atoms with Crippen molar-refractivity contribution < 1.29 is 14.3 Å². The molecule has 0 bridgehead atoms. The topological polar surface area (TPSA) is 47.6 Å². The van der Waals surface area contributed by atoms with Gasteiger partial charge in [-0.15, -0.1) is 0 Å². The zero-order valence-electron chi connectivity index (χ0n) is 13.1. The van der Waals surface area contributed by atoms with Crippen LogP contribution < -0.4 is 10.1 Å². The summed E-state index contributed by atoms with van der Waals surface area (Å²) in [5.74, 6) is 0.495. The van der Waals surface area contributed by atoms with Crippen molar-refractivity contribution in [2.75, 3.05) is 20.3 Å². The molecule has 0 aliphatic rings. The van der Waals surface area contributed by atoms with Gasteiger partial charge in [0, 0.05) is 0 Å². The van der Waals surface area contributed by atoms with Crippen LogP contribution >= 0.6 is 0 Å². The van der Waals surface area contributed by atoms with Crippen molar-refractivity contribution in [3.05, 3.63) is 29.3 Å². The van der Waals surface area contributed by atoms with Crippen LogP contribution in [0.4, 0.5) is 0 Å². The van der Waals surface area contributed by atoms with Crippen LogP contribution in [-0.2, 0) is 9.53 Å². The van der Waals surface area contributed by atoms with Crippen molar-refractivity contribution in [3.63, 3.8) is 0 Å². The number of nitrogens with one attached hydrogen (secondary N) is 1. The molecule has 20 heavy (non-hydrogen) atoms. The van der Waals surface area contributed by atoms with Gasteiger partial charge in [-0.3, -0.25) is 5.32 Å². The fourth-order valence-electron chi connectivity index (χ4n) is 1.91. The van der Waals surface area contributed by atoms with Crippen molar-refractivity contribution in [1.29, 1.82) is 0 Å². The molecule has 0 saturated heterocycles. The Hall–Kier alpha value is -1.55. The smallest absolute Gasteiger partial charge is 0.329 e. The number of methoxy groups -OCH3 is 1. The molecular formula is C16H25NO3. The number of hydrogen-bond acceptors (Lipinski definition) is 4. The van der Waals surface area contributed by atoms with Gasteiger partial charge < -0.3 is 9.47 Å². The lowest BCUT2D eigenvalue weighted by atomic mass is 10.0. The lowest BCUT2D eigenvalue weighted by molar-refractivity contribution is -0.149.